The summed E-state index contributed by atoms with van der Waals surface area (Å²) in [7, 11) is 0. The first-order valence-electron chi connectivity index (χ1n) is 7.98. The maximum Gasteiger partial charge on any atom is 0.294 e. The van der Waals surface area contributed by atoms with Crippen LogP contribution in [0.25, 0.3) is 0 Å². The molecule has 2 amide bonds. The molecule has 9 heteroatoms. The topological polar surface area (TPSA) is 105 Å². The SMILES string of the molecule is CC(Oc1ccc(Cl)cc1)C(=O)N1CCc2nc(C(=O)NO)cnc2C1. The number of hydrogen-bond donors (Lipinski definition) is 2. The van der Waals surface area contributed by atoms with E-state index >= 15 is 0 Å². The van der Waals surface area contributed by atoms with Crippen molar-refractivity contribution in [1.82, 2.24) is 20.3 Å². The van der Waals surface area contributed by atoms with Gasteiger partial charge in [-0.15, -0.1) is 0 Å². The number of hydrogen-bond acceptors (Lipinski definition) is 6. The van der Waals surface area contributed by atoms with E-state index in [9.17, 15) is 9.59 Å². The van der Waals surface area contributed by atoms with Crippen LogP contribution < -0.4 is 10.2 Å². The summed E-state index contributed by atoms with van der Waals surface area (Å²) in [5, 5.41) is 9.26. The molecule has 0 saturated carbocycles. The highest BCUT2D eigenvalue weighted by atomic mass is 35.5. The van der Waals surface area contributed by atoms with Gasteiger partial charge >= 0.3 is 0 Å². The van der Waals surface area contributed by atoms with Gasteiger partial charge in [-0.05, 0) is 31.2 Å². The van der Waals surface area contributed by atoms with Crippen molar-refractivity contribution in [3.63, 3.8) is 0 Å². The van der Waals surface area contributed by atoms with E-state index in [2.05, 4.69) is 9.97 Å². The minimum Gasteiger partial charge on any atom is -0.481 e. The van der Waals surface area contributed by atoms with E-state index in [0.717, 1.165) is 0 Å². The molecule has 2 heterocycles. The zero-order chi connectivity index (χ0) is 18.7. The van der Waals surface area contributed by atoms with Gasteiger partial charge in [0.1, 0.15) is 11.4 Å². The summed E-state index contributed by atoms with van der Waals surface area (Å²) in [6.45, 7) is 2.42. The first kappa shape index (κ1) is 18.1. The smallest absolute Gasteiger partial charge is 0.294 e. The normalized spacial score (nSPS) is 14.3. The van der Waals surface area contributed by atoms with Crippen LogP contribution >= 0.6 is 11.6 Å². The zero-order valence-electron chi connectivity index (χ0n) is 14.0. The molecule has 0 spiro atoms. The number of nitrogens with zero attached hydrogens (tertiary/aromatic N) is 3. The number of amides is 2. The van der Waals surface area contributed by atoms with Crippen LogP contribution in [0.5, 0.6) is 5.75 Å². The Morgan fingerprint density at radius 1 is 1.31 bits per heavy atom. The lowest BCUT2D eigenvalue weighted by Gasteiger charge is -2.29. The van der Waals surface area contributed by atoms with Crippen LogP contribution in [0.3, 0.4) is 0 Å². The second kappa shape index (κ2) is 7.67. The molecule has 0 radical (unpaired) electrons. The van der Waals surface area contributed by atoms with E-state index < -0.39 is 12.0 Å². The first-order valence-corrected chi connectivity index (χ1v) is 8.36. The van der Waals surface area contributed by atoms with Gasteiger partial charge < -0.3 is 9.64 Å². The maximum atomic E-state index is 12.6. The summed E-state index contributed by atoms with van der Waals surface area (Å²) < 4.78 is 5.67. The number of rotatable bonds is 4. The van der Waals surface area contributed by atoms with E-state index in [1.165, 1.54) is 11.7 Å². The highest BCUT2D eigenvalue weighted by molar-refractivity contribution is 6.30. The van der Waals surface area contributed by atoms with Crippen LogP contribution in [0, 0.1) is 0 Å². The van der Waals surface area contributed by atoms with E-state index in [4.69, 9.17) is 21.5 Å². The summed E-state index contributed by atoms with van der Waals surface area (Å²) in [5.41, 5.74) is 2.82. The zero-order valence-corrected chi connectivity index (χ0v) is 14.7. The first-order chi connectivity index (χ1) is 12.5. The van der Waals surface area contributed by atoms with Crippen molar-refractivity contribution in [2.24, 2.45) is 0 Å². The predicted molar refractivity (Wildman–Crippen MR) is 91.9 cm³/mol. The van der Waals surface area contributed by atoms with Crippen molar-refractivity contribution in [1.29, 1.82) is 0 Å². The Morgan fingerprint density at radius 2 is 2.04 bits per heavy atom. The van der Waals surface area contributed by atoms with Gasteiger partial charge in [0, 0.05) is 18.0 Å². The fourth-order valence-corrected chi connectivity index (χ4v) is 2.79. The van der Waals surface area contributed by atoms with Crippen LogP contribution in [-0.2, 0) is 17.8 Å². The van der Waals surface area contributed by atoms with Crippen molar-refractivity contribution in [3.05, 3.63) is 52.6 Å². The molecular weight excluding hydrogens is 360 g/mol. The second-order valence-corrected chi connectivity index (χ2v) is 6.25. The highest BCUT2D eigenvalue weighted by Gasteiger charge is 2.27. The Bertz CT molecular complexity index is 828. The molecule has 1 atom stereocenters. The minimum absolute atomic E-state index is 0.0328. The van der Waals surface area contributed by atoms with Gasteiger partial charge in [0.05, 0.1) is 24.1 Å². The summed E-state index contributed by atoms with van der Waals surface area (Å²) >= 11 is 5.84. The Labute approximate surface area is 154 Å². The maximum absolute atomic E-state index is 12.6. The fourth-order valence-electron chi connectivity index (χ4n) is 2.66. The monoisotopic (exact) mass is 376 g/mol. The standard InChI is InChI=1S/C17H17ClN4O4/c1-10(26-12-4-2-11(18)3-5-12)17(24)22-7-6-13-15(9-22)19-8-14(20-13)16(23)21-25/h2-5,8,10,25H,6-7,9H2,1H3,(H,21,23). The number of carbonyl (C=O) groups is 2. The molecule has 26 heavy (non-hydrogen) atoms. The molecule has 0 fully saturated rings. The average Bonchev–Trinajstić information content (AvgIpc) is 2.67. The van der Waals surface area contributed by atoms with Crippen LogP contribution in [0.1, 0.15) is 28.8 Å². The van der Waals surface area contributed by atoms with Gasteiger partial charge in [0.2, 0.25) is 0 Å². The Balaban J connectivity index is 1.66. The Kier molecular flexibility index (Phi) is 5.34. The van der Waals surface area contributed by atoms with Crippen LogP contribution in [0.15, 0.2) is 30.5 Å². The van der Waals surface area contributed by atoms with E-state index in [1.54, 1.807) is 36.1 Å². The number of hydroxylamine groups is 1. The highest BCUT2D eigenvalue weighted by Crippen LogP contribution is 2.20. The number of aromatic nitrogens is 2. The van der Waals surface area contributed by atoms with Gasteiger partial charge in [0.25, 0.3) is 11.8 Å². The van der Waals surface area contributed by atoms with Gasteiger partial charge in [-0.1, -0.05) is 11.6 Å². The van der Waals surface area contributed by atoms with Crippen LogP contribution in [0.2, 0.25) is 5.02 Å². The molecule has 1 aliphatic rings. The lowest BCUT2D eigenvalue weighted by molar-refractivity contribution is -0.139. The van der Waals surface area contributed by atoms with Crippen molar-refractivity contribution in [3.8, 4) is 5.75 Å². The predicted octanol–water partition coefficient (Wildman–Crippen LogP) is 1.60. The van der Waals surface area contributed by atoms with Gasteiger partial charge in [-0.2, -0.15) is 0 Å². The molecule has 2 aromatic rings. The Morgan fingerprint density at radius 3 is 2.73 bits per heavy atom. The van der Waals surface area contributed by atoms with Gasteiger partial charge in [-0.25, -0.2) is 10.5 Å². The second-order valence-electron chi connectivity index (χ2n) is 5.81. The third-order valence-electron chi connectivity index (χ3n) is 4.01. The fraction of sp³-hybridized carbons (Fsp3) is 0.294. The molecular formula is C17H17ClN4O4. The molecule has 136 valence electrons. The van der Waals surface area contributed by atoms with Gasteiger partial charge in [0.15, 0.2) is 6.10 Å². The minimum atomic E-state index is -0.719. The van der Waals surface area contributed by atoms with Crippen molar-refractivity contribution >= 4 is 23.4 Å². The molecule has 1 unspecified atom stereocenters. The third kappa shape index (κ3) is 3.92. The Hall–Kier alpha value is -2.71. The number of fused-ring (bicyclic) bond motifs is 1. The number of halogens is 1. The van der Waals surface area contributed by atoms with E-state index in [-0.39, 0.29) is 18.1 Å². The molecule has 0 aliphatic carbocycles. The molecule has 2 N–H and O–H groups in total. The summed E-state index contributed by atoms with van der Waals surface area (Å²) in [6.07, 6.45) is 1.07. The third-order valence-corrected chi connectivity index (χ3v) is 4.26. The molecule has 1 aromatic heterocycles. The van der Waals surface area contributed by atoms with E-state index in [0.29, 0.717) is 35.1 Å². The molecule has 8 nitrogen and oxygen atoms in total. The number of ether oxygens (including phenoxy) is 1. The summed E-state index contributed by atoms with van der Waals surface area (Å²) in [5.74, 6) is -0.319. The van der Waals surface area contributed by atoms with Crippen molar-refractivity contribution in [2.45, 2.75) is 26.0 Å². The lowest BCUT2D eigenvalue weighted by Crippen LogP contribution is -2.43. The summed E-state index contributed by atoms with van der Waals surface area (Å²) in [4.78, 5) is 34.0. The molecule has 0 bridgehead atoms. The number of carbonyl (C=O) groups excluding carboxylic acids is 2. The van der Waals surface area contributed by atoms with Crippen LogP contribution in [0.4, 0.5) is 0 Å². The molecule has 3 rings (SSSR count). The van der Waals surface area contributed by atoms with Crippen molar-refractivity contribution < 1.29 is 19.5 Å². The summed E-state index contributed by atoms with van der Waals surface area (Å²) in [6, 6.07) is 6.80. The quantitative estimate of drug-likeness (QED) is 0.620. The van der Waals surface area contributed by atoms with E-state index in [1.807, 2.05) is 0 Å². The molecule has 0 saturated heterocycles. The van der Waals surface area contributed by atoms with Gasteiger partial charge in [-0.3, -0.25) is 19.8 Å². The number of nitrogens with one attached hydrogen (secondary N) is 1. The molecule has 1 aromatic carbocycles. The largest absolute Gasteiger partial charge is 0.481 e. The number of benzene rings is 1. The van der Waals surface area contributed by atoms with Crippen molar-refractivity contribution in [2.75, 3.05) is 6.54 Å². The van der Waals surface area contributed by atoms with Crippen LogP contribution in [-0.4, -0.2) is 44.5 Å². The molecule has 1 aliphatic heterocycles. The lowest BCUT2D eigenvalue weighted by atomic mass is 10.1. The average molecular weight is 377 g/mol.